The van der Waals surface area contributed by atoms with Crippen molar-refractivity contribution in [3.63, 3.8) is 0 Å². The molecule has 15 heavy (non-hydrogen) atoms. The maximum atomic E-state index is 4.12. The van der Waals surface area contributed by atoms with E-state index in [1.807, 2.05) is 19.0 Å². The van der Waals surface area contributed by atoms with Gasteiger partial charge >= 0.3 is 0 Å². The van der Waals surface area contributed by atoms with Gasteiger partial charge in [0.25, 0.3) is 0 Å². The molecule has 0 aliphatic rings. The zero-order valence-electron chi connectivity index (χ0n) is 10.6. The zero-order chi connectivity index (χ0) is 11.8. The Morgan fingerprint density at radius 2 is 1.87 bits per heavy atom. The highest BCUT2D eigenvalue weighted by Crippen LogP contribution is 1.87. The molecule has 0 bridgehead atoms. The number of rotatable bonds is 2. The molecule has 0 radical (unpaired) electrons. The molecule has 0 unspecified atom stereocenters. The van der Waals surface area contributed by atoms with Gasteiger partial charge in [0.15, 0.2) is 11.9 Å². The molecule has 92 valence electrons. The van der Waals surface area contributed by atoms with Gasteiger partial charge in [-0.2, -0.15) is 0 Å². The van der Waals surface area contributed by atoms with E-state index < -0.39 is 0 Å². The first-order valence-electron chi connectivity index (χ1n) is 5.13. The molecule has 0 heterocycles. The Labute approximate surface area is 95.6 Å². The predicted molar refractivity (Wildman–Crippen MR) is 70.6 cm³/mol. The van der Waals surface area contributed by atoms with Gasteiger partial charge < -0.3 is 10.2 Å². The molecule has 0 amide bonds. The molecule has 0 aromatic carbocycles. The highest BCUT2D eigenvalue weighted by atomic mass is 15.3. The van der Waals surface area contributed by atoms with Gasteiger partial charge in [-0.05, 0) is 5.92 Å². The topological polar surface area (TPSA) is 52.0 Å². The molecular formula is C10H27N5. The summed E-state index contributed by atoms with van der Waals surface area (Å²) in [6, 6.07) is 0. The maximum absolute atomic E-state index is 4.12. The molecule has 0 saturated heterocycles. The van der Waals surface area contributed by atoms with Crippen LogP contribution < -0.4 is 10.6 Å². The van der Waals surface area contributed by atoms with Crippen LogP contribution in [-0.2, 0) is 0 Å². The average Bonchev–Trinajstić information content (AvgIpc) is 2.17. The van der Waals surface area contributed by atoms with Gasteiger partial charge in [0.2, 0.25) is 0 Å². The van der Waals surface area contributed by atoms with Crippen LogP contribution in [0.1, 0.15) is 16.7 Å². The van der Waals surface area contributed by atoms with Gasteiger partial charge in [-0.3, -0.25) is 15.3 Å². The van der Waals surface area contributed by atoms with E-state index in [0.29, 0.717) is 5.92 Å². The van der Waals surface area contributed by atoms with Crippen molar-refractivity contribution in [3.05, 3.63) is 0 Å². The van der Waals surface area contributed by atoms with Crippen LogP contribution in [0.15, 0.2) is 9.98 Å². The van der Waals surface area contributed by atoms with Gasteiger partial charge in [0.1, 0.15) is 0 Å². The summed E-state index contributed by atoms with van der Waals surface area (Å²) in [5, 5.41) is 6.34. The SMILES string of the molecule is CN=C(NCC(C)C)NC(=NC)N(C)C.[HH].[HH]. The Morgan fingerprint density at radius 1 is 1.27 bits per heavy atom. The summed E-state index contributed by atoms with van der Waals surface area (Å²) in [6.45, 7) is 5.20. The molecule has 0 aliphatic heterocycles. The highest BCUT2D eigenvalue weighted by molar-refractivity contribution is 5.98. The third-order valence-corrected chi connectivity index (χ3v) is 1.77. The van der Waals surface area contributed by atoms with Crippen molar-refractivity contribution in [2.75, 3.05) is 34.7 Å². The van der Waals surface area contributed by atoms with E-state index in [4.69, 9.17) is 0 Å². The van der Waals surface area contributed by atoms with Crippen LogP contribution in [0.4, 0.5) is 0 Å². The summed E-state index contributed by atoms with van der Waals surface area (Å²) in [4.78, 5) is 10.1. The lowest BCUT2D eigenvalue weighted by Gasteiger charge is -2.19. The summed E-state index contributed by atoms with van der Waals surface area (Å²) < 4.78 is 0. The second-order valence-corrected chi connectivity index (χ2v) is 3.91. The summed E-state index contributed by atoms with van der Waals surface area (Å²) in [6.07, 6.45) is 0. The van der Waals surface area contributed by atoms with Crippen molar-refractivity contribution in [1.29, 1.82) is 0 Å². The van der Waals surface area contributed by atoms with Crippen molar-refractivity contribution >= 4 is 11.9 Å². The van der Waals surface area contributed by atoms with E-state index in [2.05, 4.69) is 34.5 Å². The van der Waals surface area contributed by atoms with E-state index in [1.54, 1.807) is 14.1 Å². The number of guanidine groups is 2. The fraction of sp³-hybridized carbons (Fsp3) is 0.800. The lowest BCUT2D eigenvalue weighted by molar-refractivity contribution is 0.593. The molecule has 0 spiro atoms. The van der Waals surface area contributed by atoms with Gasteiger partial charge in [0, 0.05) is 37.6 Å². The fourth-order valence-electron chi connectivity index (χ4n) is 0.954. The third kappa shape index (κ3) is 5.93. The fourth-order valence-corrected chi connectivity index (χ4v) is 0.954. The van der Waals surface area contributed by atoms with Crippen LogP contribution in [0.5, 0.6) is 0 Å². The molecule has 0 saturated carbocycles. The summed E-state index contributed by atoms with van der Waals surface area (Å²) in [5.41, 5.74) is 0. The third-order valence-electron chi connectivity index (χ3n) is 1.77. The Kier molecular flexibility index (Phi) is 6.49. The quantitative estimate of drug-likeness (QED) is 0.532. The lowest BCUT2D eigenvalue weighted by Crippen LogP contribution is -2.47. The Bertz CT molecular complexity index is 239. The van der Waals surface area contributed by atoms with Gasteiger partial charge in [-0.1, -0.05) is 13.8 Å². The second kappa shape index (κ2) is 7.09. The van der Waals surface area contributed by atoms with Crippen LogP contribution in [0, 0.1) is 5.92 Å². The number of hydrogen-bond acceptors (Lipinski definition) is 2. The zero-order valence-corrected chi connectivity index (χ0v) is 10.6. The number of nitrogens with one attached hydrogen (secondary N) is 2. The van der Waals surface area contributed by atoms with Crippen LogP contribution in [0.2, 0.25) is 0 Å². The number of nitrogens with zero attached hydrogens (tertiary/aromatic N) is 3. The van der Waals surface area contributed by atoms with Crippen molar-refractivity contribution in [2.24, 2.45) is 15.9 Å². The summed E-state index contributed by atoms with van der Waals surface area (Å²) >= 11 is 0. The first kappa shape index (κ1) is 13.7. The molecule has 2 N–H and O–H groups in total. The van der Waals surface area contributed by atoms with Crippen LogP contribution in [0.25, 0.3) is 0 Å². The van der Waals surface area contributed by atoms with Crippen LogP contribution in [0.3, 0.4) is 0 Å². The first-order chi connectivity index (χ1) is 7.01. The number of hydrogen-bond donors (Lipinski definition) is 2. The van der Waals surface area contributed by atoms with Crippen molar-refractivity contribution in [2.45, 2.75) is 13.8 Å². The van der Waals surface area contributed by atoms with Crippen LogP contribution >= 0.6 is 0 Å². The minimum absolute atomic E-state index is 0. The average molecular weight is 217 g/mol. The Hall–Kier alpha value is -1.26. The molecular weight excluding hydrogens is 190 g/mol. The minimum Gasteiger partial charge on any atom is -0.356 e. The van der Waals surface area contributed by atoms with E-state index >= 15 is 0 Å². The van der Waals surface area contributed by atoms with Crippen molar-refractivity contribution in [1.82, 2.24) is 15.5 Å². The normalized spacial score (nSPS) is 13.0. The Balaban J connectivity index is -0.000000980. The molecule has 0 aromatic heterocycles. The smallest absolute Gasteiger partial charge is 0.199 e. The van der Waals surface area contributed by atoms with Gasteiger partial charge in [-0.15, -0.1) is 0 Å². The monoisotopic (exact) mass is 217 g/mol. The van der Waals surface area contributed by atoms with Crippen LogP contribution in [-0.4, -0.2) is 51.6 Å². The van der Waals surface area contributed by atoms with Crippen molar-refractivity contribution < 1.29 is 2.85 Å². The van der Waals surface area contributed by atoms with Gasteiger partial charge in [-0.25, -0.2) is 0 Å². The lowest BCUT2D eigenvalue weighted by atomic mass is 10.2. The Morgan fingerprint density at radius 3 is 2.20 bits per heavy atom. The summed E-state index contributed by atoms with van der Waals surface area (Å²) in [7, 11) is 7.37. The largest absolute Gasteiger partial charge is 0.356 e. The molecule has 0 atom stereocenters. The maximum Gasteiger partial charge on any atom is 0.199 e. The molecule has 0 aromatic rings. The molecule has 5 heteroatoms. The highest BCUT2D eigenvalue weighted by Gasteiger charge is 2.04. The van der Waals surface area contributed by atoms with Crippen molar-refractivity contribution in [3.8, 4) is 0 Å². The minimum atomic E-state index is 0. The second-order valence-electron chi connectivity index (χ2n) is 3.91. The molecule has 0 aliphatic carbocycles. The van der Waals surface area contributed by atoms with Gasteiger partial charge in [0.05, 0.1) is 0 Å². The van der Waals surface area contributed by atoms with E-state index in [0.717, 1.165) is 18.5 Å². The predicted octanol–water partition coefficient (Wildman–Crippen LogP) is 0.847. The number of aliphatic imine (C=N–C) groups is 2. The molecule has 0 fully saturated rings. The van der Waals surface area contributed by atoms with E-state index in [1.165, 1.54) is 0 Å². The molecule has 5 nitrogen and oxygen atoms in total. The summed E-state index contributed by atoms with van der Waals surface area (Å²) in [5.74, 6) is 2.12. The first-order valence-corrected chi connectivity index (χ1v) is 5.13. The standard InChI is InChI=1S/C10H23N5.2H2/c1-8(2)7-13-9(11-3)14-10(12-4)15(5)6;;/h8H,7H2,1-6H3,(H2,11,12,13,14);2*1H. The molecule has 0 rings (SSSR count). The van der Waals surface area contributed by atoms with E-state index in [-0.39, 0.29) is 2.85 Å². The van der Waals surface area contributed by atoms with E-state index in [9.17, 15) is 0 Å².